The number of anilines is 2. The van der Waals surface area contributed by atoms with Crippen molar-refractivity contribution < 1.29 is 0 Å². The van der Waals surface area contributed by atoms with Gasteiger partial charge >= 0.3 is 0 Å². The lowest BCUT2D eigenvalue weighted by atomic mass is 10.2. The molecule has 4 nitrogen and oxygen atoms in total. The highest BCUT2D eigenvalue weighted by atomic mass is 79.9. The maximum atomic E-state index is 4.44. The number of thioether (sulfide) groups is 1. The van der Waals surface area contributed by atoms with Crippen LogP contribution in [0.5, 0.6) is 0 Å². The molecule has 6 heteroatoms. The summed E-state index contributed by atoms with van der Waals surface area (Å²) in [6.45, 7) is 2.87. The molecule has 1 fully saturated rings. The van der Waals surface area contributed by atoms with Gasteiger partial charge in [0, 0.05) is 24.5 Å². The number of nitrogens with one attached hydrogen (secondary N) is 2. The Hall–Kier alpha value is -0.490. The molecule has 0 spiro atoms. The molecule has 1 atom stereocenters. The summed E-state index contributed by atoms with van der Waals surface area (Å²) in [5.74, 6) is 3.96. The highest BCUT2D eigenvalue weighted by Crippen LogP contribution is 2.25. The summed E-state index contributed by atoms with van der Waals surface area (Å²) in [7, 11) is 0. The standard InChI is InChI=1S/C10H15BrN4S/c1-2-12-10-13-5-8(11)9(15-10)14-7-3-4-16-6-7/h5,7H,2-4,6H2,1H3,(H2,12,13,14,15). The van der Waals surface area contributed by atoms with Gasteiger partial charge in [0.15, 0.2) is 0 Å². The summed E-state index contributed by atoms with van der Waals surface area (Å²) in [5.41, 5.74) is 0. The normalized spacial score (nSPS) is 19.8. The molecule has 2 N–H and O–H groups in total. The molecule has 0 aromatic carbocycles. The van der Waals surface area contributed by atoms with E-state index in [9.17, 15) is 0 Å². The van der Waals surface area contributed by atoms with Crippen LogP contribution in [0.15, 0.2) is 10.7 Å². The quantitative estimate of drug-likeness (QED) is 0.895. The second-order valence-corrected chi connectivity index (χ2v) is 5.63. The van der Waals surface area contributed by atoms with E-state index in [0.29, 0.717) is 12.0 Å². The smallest absolute Gasteiger partial charge is 0.224 e. The molecule has 0 bridgehead atoms. The van der Waals surface area contributed by atoms with E-state index in [1.165, 1.54) is 12.2 Å². The first-order valence-corrected chi connectivity index (χ1v) is 7.35. The molecule has 1 aromatic rings. The van der Waals surface area contributed by atoms with E-state index in [4.69, 9.17) is 0 Å². The Labute approximate surface area is 108 Å². The summed E-state index contributed by atoms with van der Waals surface area (Å²) < 4.78 is 0.922. The third-order valence-electron chi connectivity index (χ3n) is 2.35. The van der Waals surface area contributed by atoms with Crippen LogP contribution in [0.25, 0.3) is 0 Å². The average molecular weight is 303 g/mol. The summed E-state index contributed by atoms with van der Waals surface area (Å²) in [4.78, 5) is 8.62. The summed E-state index contributed by atoms with van der Waals surface area (Å²) in [6, 6.07) is 0.533. The van der Waals surface area contributed by atoms with Crippen molar-refractivity contribution in [1.82, 2.24) is 9.97 Å². The topological polar surface area (TPSA) is 49.8 Å². The number of aromatic nitrogens is 2. The monoisotopic (exact) mass is 302 g/mol. The zero-order chi connectivity index (χ0) is 11.4. The summed E-state index contributed by atoms with van der Waals surface area (Å²) in [6.07, 6.45) is 2.99. The Morgan fingerprint density at radius 3 is 3.19 bits per heavy atom. The SMILES string of the molecule is CCNc1ncc(Br)c(NC2CCSC2)n1. The minimum atomic E-state index is 0.533. The van der Waals surface area contributed by atoms with Crippen LogP contribution >= 0.6 is 27.7 Å². The molecule has 88 valence electrons. The van der Waals surface area contributed by atoms with Crippen LogP contribution in [0.1, 0.15) is 13.3 Å². The zero-order valence-corrected chi connectivity index (χ0v) is 11.6. The average Bonchev–Trinajstić information content (AvgIpc) is 2.76. The molecule has 2 heterocycles. The van der Waals surface area contributed by atoms with Crippen molar-refractivity contribution in [2.24, 2.45) is 0 Å². The molecule has 1 aliphatic heterocycles. The van der Waals surface area contributed by atoms with Gasteiger partial charge in [-0.3, -0.25) is 0 Å². The van der Waals surface area contributed by atoms with Gasteiger partial charge in [0.2, 0.25) is 5.95 Å². The molecule has 0 amide bonds. The molecule has 1 saturated heterocycles. The van der Waals surface area contributed by atoms with E-state index in [1.54, 1.807) is 6.20 Å². The Bertz CT molecular complexity index is 355. The van der Waals surface area contributed by atoms with E-state index < -0.39 is 0 Å². The third kappa shape index (κ3) is 3.01. The van der Waals surface area contributed by atoms with Crippen molar-refractivity contribution in [3.05, 3.63) is 10.7 Å². The van der Waals surface area contributed by atoms with Gasteiger partial charge < -0.3 is 10.6 Å². The van der Waals surface area contributed by atoms with E-state index in [-0.39, 0.29) is 0 Å². The third-order valence-corrected chi connectivity index (χ3v) is 4.09. The van der Waals surface area contributed by atoms with Gasteiger partial charge in [0.1, 0.15) is 5.82 Å². The first kappa shape index (κ1) is 12.0. The molecule has 1 unspecified atom stereocenters. The van der Waals surface area contributed by atoms with E-state index in [0.717, 1.165) is 22.6 Å². The molecule has 16 heavy (non-hydrogen) atoms. The number of nitrogens with zero attached hydrogens (tertiary/aromatic N) is 2. The molecular formula is C10H15BrN4S. The lowest BCUT2D eigenvalue weighted by molar-refractivity contribution is 0.804. The van der Waals surface area contributed by atoms with Crippen molar-refractivity contribution in [3.8, 4) is 0 Å². The molecule has 1 aliphatic rings. The maximum absolute atomic E-state index is 4.44. The second-order valence-electron chi connectivity index (χ2n) is 3.63. The number of rotatable bonds is 4. The Morgan fingerprint density at radius 1 is 1.62 bits per heavy atom. The molecule has 0 saturated carbocycles. The van der Waals surface area contributed by atoms with Gasteiger partial charge in [-0.15, -0.1) is 0 Å². The predicted molar refractivity (Wildman–Crippen MR) is 73.2 cm³/mol. The molecule has 1 aromatic heterocycles. The van der Waals surface area contributed by atoms with Gasteiger partial charge in [-0.05, 0) is 35.0 Å². The van der Waals surface area contributed by atoms with Crippen LogP contribution in [0.4, 0.5) is 11.8 Å². The van der Waals surface area contributed by atoms with Crippen molar-refractivity contribution in [2.75, 3.05) is 28.7 Å². The fourth-order valence-electron chi connectivity index (χ4n) is 1.55. The fourth-order valence-corrected chi connectivity index (χ4v) is 3.01. The first-order chi connectivity index (χ1) is 7.79. The van der Waals surface area contributed by atoms with E-state index in [1.807, 2.05) is 18.7 Å². The minimum absolute atomic E-state index is 0.533. The van der Waals surface area contributed by atoms with Crippen LogP contribution < -0.4 is 10.6 Å². The van der Waals surface area contributed by atoms with Crippen LogP contribution in [-0.4, -0.2) is 34.1 Å². The van der Waals surface area contributed by atoms with Gasteiger partial charge in [0.25, 0.3) is 0 Å². The van der Waals surface area contributed by atoms with Crippen LogP contribution in [0.2, 0.25) is 0 Å². The minimum Gasteiger partial charge on any atom is -0.365 e. The van der Waals surface area contributed by atoms with E-state index >= 15 is 0 Å². The highest BCUT2D eigenvalue weighted by Gasteiger charge is 2.17. The van der Waals surface area contributed by atoms with Gasteiger partial charge in [-0.1, -0.05) is 0 Å². The molecule has 0 aliphatic carbocycles. The Morgan fingerprint density at radius 2 is 2.50 bits per heavy atom. The van der Waals surface area contributed by atoms with Gasteiger partial charge in [-0.25, -0.2) is 4.98 Å². The van der Waals surface area contributed by atoms with Crippen LogP contribution in [0, 0.1) is 0 Å². The summed E-state index contributed by atoms with van der Waals surface area (Å²) >= 11 is 5.45. The highest BCUT2D eigenvalue weighted by molar-refractivity contribution is 9.10. The van der Waals surface area contributed by atoms with Crippen molar-refractivity contribution >= 4 is 39.5 Å². The number of hydrogen-bond acceptors (Lipinski definition) is 5. The lowest BCUT2D eigenvalue weighted by Crippen LogP contribution is -2.19. The van der Waals surface area contributed by atoms with Gasteiger partial charge in [-0.2, -0.15) is 16.7 Å². The Kier molecular flexibility index (Phi) is 4.29. The van der Waals surface area contributed by atoms with E-state index in [2.05, 4.69) is 36.5 Å². The van der Waals surface area contributed by atoms with Crippen molar-refractivity contribution in [2.45, 2.75) is 19.4 Å². The number of halogens is 1. The lowest BCUT2D eigenvalue weighted by Gasteiger charge is -2.14. The molecule has 0 radical (unpaired) electrons. The fraction of sp³-hybridized carbons (Fsp3) is 0.600. The number of hydrogen-bond donors (Lipinski definition) is 2. The van der Waals surface area contributed by atoms with Crippen molar-refractivity contribution in [1.29, 1.82) is 0 Å². The molecular weight excluding hydrogens is 288 g/mol. The van der Waals surface area contributed by atoms with Gasteiger partial charge in [0.05, 0.1) is 4.47 Å². The largest absolute Gasteiger partial charge is 0.365 e. The second kappa shape index (κ2) is 5.72. The predicted octanol–water partition coefficient (Wildman–Crippen LogP) is 2.59. The van der Waals surface area contributed by atoms with Crippen LogP contribution in [-0.2, 0) is 0 Å². The Balaban J connectivity index is 2.08. The van der Waals surface area contributed by atoms with Crippen LogP contribution in [0.3, 0.4) is 0 Å². The zero-order valence-electron chi connectivity index (χ0n) is 9.16. The van der Waals surface area contributed by atoms with Crippen molar-refractivity contribution in [3.63, 3.8) is 0 Å². The maximum Gasteiger partial charge on any atom is 0.224 e. The summed E-state index contributed by atoms with van der Waals surface area (Å²) in [5, 5.41) is 6.56. The molecule has 2 rings (SSSR count). The first-order valence-electron chi connectivity index (χ1n) is 5.40.